The van der Waals surface area contributed by atoms with Crippen molar-refractivity contribution in [1.29, 1.82) is 0 Å². The van der Waals surface area contributed by atoms with Gasteiger partial charge >= 0.3 is 5.97 Å². The Hall–Kier alpha value is -1.51. The molecule has 86 valence electrons. The second-order valence-electron chi connectivity index (χ2n) is 4.48. The van der Waals surface area contributed by atoms with E-state index in [1.54, 1.807) is 6.07 Å². The average Bonchev–Trinajstić information content (AvgIpc) is 2.73. The lowest BCUT2D eigenvalue weighted by atomic mass is 10.1. The molecule has 1 aliphatic rings. The number of hydrogen-bond acceptors (Lipinski definition) is 2. The summed E-state index contributed by atoms with van der Waals surface area (Å²) in [6.07, 6.45) is 4.78. The van der Waals surface area contributed by atoms with E-state index in [-0.39, 0.29) is 0 Å². The summed E-state index contributed by atoms with van der Waals surface area (Å²) in [5.74, 6) is -0.857. The number of carboxylic acids is 1. The third kappa shape index (κ3) is 2.35. The highest BCUT2D eigenvalue weighted by Gasteiger charge is 2.17. The molecule has 0 aliphatic heterocycles. The van der Waals surface area contributed by atoms with Crippen LogP contribution < -0.4 is 5.32 Å². The van der Waals surface area contributed by atoms with Gasteiger partial charge in [0.1, 0.15) is 0 Å². The van der Waals surface area contributed by atoms with E-state index in [2.05, 4.69) is 5.32 Å². The molecular formula is C13H17NO2. The van der Waals surface area contributed by atoms with Crippen molar-refractivity contribution in [2.24, 2.45) is 0 Å². The van der Waals surface area contributed by atoms with Crippen LogP contribution >= 0.6 is 0 Å². The molecule has 3 nitrogen and oxygen atoms in total. The zero-order valence-corrected chi connectivity index (χ0v) is 9.49. The Bertz CT molecular complexity index is 395. The zero-order valence-electron chi connectivity index (χ0n) is 9.49. The molecule has 0 amide bonds. The van der Waals surface area contributed by atoms with Gasteiger partial charge in [-0.2, -0.15) is 0 Å². The fourth-order valence-corrected chi connectivity index (χ4v) is 2.25. The second-order valence-corrected chi connectivity index (χ2v) is 4.48. The molecule has 0 atom stereocenters. The summed E-state index contributed by atoms with van der Waals surface area (Å²) in [6.45, 7) is 1.91. The number of aromatic carboxylic acids is 1. The Kier molecular flexibility index (Phi) is 3.13. The van der Waals surface area contributed by atoms with Crippen LogP contribution in [0.1, 0.15) is 41.6 Å². The van der Waals surface area contributed by atoms with E-state index < -0.39 is 5.97 Å². The molecule has 1 aliphatic carbocycles. The van der Waals surface area contributed by atoms with Crippen LogP contribution in [0.2, 0.25) is 0 Å². The first-order valence-electron chi connectivity index (χ1n) is 5.77. The number of hydrogen-bond donors (Lipinski definition) is 2. The number of benzene rings is 1. The topological polar surface area (TPSA) is 49.3 Å². The van der Waals surface area contributed by atoms with Gasteiger partial charge in [-0.25, -0.2) is 4.79 Å². The monoisotopic (exact) mass is 219 g/mol. The lowest BCUT2D eigenvalue weighted by Crippen LogP contribution is -2.17. The van der Waals surface area contributed by atoms with E-state index >= 15 is 0 Å². The summed E-state index contributed by atoms with van der Waals surface area (Å²) in [4.78, 5) is 11.1. The summed E-state index contributed by atoms with van der Waals surface area (Å²) in [5, 5.41) is 12.5. The fraction of sp³-hybridized carbons (Fsp3) is 0.462. The summed E-state index contributed by atoms with van der Waals surface area (Å²) >= 11 is 0. The van der Waals surface area contributed by atoms with Crippen LogP contribution in [0.15, 0.2) is 18.2 Å². The van der Waals surface area contributed by atoms with Crippen molar-refractivity contribution in [2.45, 2.75) is 38.6 Å². The van der Waals surface area contributed by atoms with Crippen LogP contribution in [0, 0.1) is 6.92 Å². The number of rotatable bonds is 3. The third-order valence-electron chi connectivity index (χ3n) is 3.12. The van der Waals surface area contributed by atoms with Gasteiger partial charge < -0.3 is 10.4 Å². The molecule has 0 aromatic heterocycles. The largest absolute Gasteiger partial charge is 0.478 e. The standard InChI is InChI=1S/C13H17NO2/c1-9-6-7-12(11(8-9)13(15)16)14-10-4-2-3-5-10/h6-8,10,14H,2-5H2,1H3,(H,15,16). The van der Waals surface area contributed by atoms with Gasteiger partial charge in [-0.15, -0.1) is 0 Å². The van der Waals surface area contributed by atoms with Gasteiger partial charge in [0.2, 0.25) is 0 Å². The van der Waals surface area contributed by atoms with E-state index in [1.807, 2.05) is 19.1 Å². The molecule has 1 fully saturated rings. The maximum atomic E-state index is 11.1. The highest BCUT2D eigenvalue weighted by atomic mass is 16.4. The first kappa shape index (κ1) is 11.0. The predicted octanol–water partition coefficient (Wildman–Crippen LogP) is 3.05. The minimum absolute atomic E-state index is 0.381. The van der Waals surface area contributed by atoms with Crippen LogP contribution in [0.4, 0.5) is 5.69 Å². The summed E-state index contributed by atoms with van der Waals surface area (Å²) in [5.41, 5.74) is 2.12. The Labute approximate surface area is 95.5 Å². The van der Waals surface area contributed by atoms with Crippen molar-refractivity contribution in [3.63, 3.8) is 0 Å². The first-order valence-corrected chi connectivity index (χ1v) is 5.77. The van der Waals surface area contributed by atoms with Gasteiger partial charge in [-0.3, -0.25) is 0 Å². The van der Waals surface area contributed by atoms with E-state index in [1.165, 1.54) is 12.8 Å². The van der Waals surface area contributed by atoms with E-state index in [9.17, 15) is 4.79 Å². The molecule has 1 aromatic carbocycles. The fourth-order valence-electron chi connectivity index (χ4n) is 2.25. The van der Waals surface area contributed by atoms with Crippen molar-refractivity contribution in [1.82, 2.24) is 0 Å². The van der Waals surface area contributed by atoms with E-state index in [4.69, 9.17) is 5.11 Å². The highest BCUT2D eigenvalue weighted by Crippen LogP contribution is 2.25. The van der Waals surface area contributed by atoms with Crippen molar-refractivity contribution < 1.29 is 9.90 Å². The molecule has 16 heavy (non-hydrogen) atoms. The third-order valence-corrected chi connectivity index (χ3v) is 3.12. The van der Waals surface area contributed by atoms with Crippen molar-refractivity contribution in [3.05, 3.63) is 29.3 Å². The molecular weight excluding hydrogens is 202 g/mol. The zero-order chi connectivity index (χ0) is 11.5. The van der Waals surface area contributed by atoms with Crippen LogP contribution in [0.5, 0.6) is 0 Å². The molecule has 0 radical (unpaired) electrons. The molecule has 0 unspecified atom stereocenters. The summed E-state index contributed by atoms with van der Waals surface area (Å²) in [6, 6.07) is 5.99. The normalized spacial score (nSPS) is 16.3. The molecule has 1 aromatic rings. The number of nitrogens with one attached hydrogen (secondary N) is 1. The lowest BCUT2D eigenvalue weighted by Gasteiger charge is -2.15. The van der Waals surface area contributed by atoms with Crippen molar-refractivity contribution >= 4 is 11.7 Å². The lowest BCUT2D eigenvalue weighted by molar-refractivity contribution is 0.0698. The van der Waals surface area contributed by atoms with Gasteiger partial charge in [0.25, 0.3) is 0 Å². The molecule has 0 bridgehead atoms. The van der Waals surface area contributed by atoms with Gasteiger partial charge in [0, 0.05) is 11.7 Å². The van der Waals surface area contributed by atoms with Crippen LogP contribution in [-0.2, 0) is 0 Å². The highest BCUT2D eigenvalue weighted by molar-refractivity contribution is 5.94. The van der Waals surface area contributed by atoms with Crippen molar-refractivity contribution in [2.75, 3.05) is 5.32 Å². The van der Waals surface area contributed by atoms with E-state index in [0.29, 0.717) is 11.6 Å². The smallest absolute Gasteiger partial charge is 0.337 e. The van der Waals surface area contributed by atoms with Gasteiger partial charge in [-0.1, -0.05) is 24.5 Å². The molecule has 0 saturated heterocycles. The Morgan fingerprint density at radius 3 is 2.69 bits per heavy atom. The van der Waals surface area contributed by atoms with Gasteiger partial charge in [0.15, 0.2) is 0 Å². The molecule has 2 rings (SSSR count). The number of carbonyl (C=O) groups is 1. The minimum atomic E-state index is -0.857. The SMILES string of the molecule is Cc1ccc(NC2CCCC2)c(C(=O)O)c1. The quantitative estimate of drug-likeness (QED) is 0.821. The molecule has 3 heteroatoms. The number of carboxylic acid groups (broad SMARTS) is 1. The first-order chi connectivity index (χ1) is 7.66. The molecule has 2 N–H and O–H groups in total. The van der Waals surface area contributed by atoms with Gasteiger partial charge in [-0.05, 0) is 31.9 Å². The van der Waals surface area contributed by atoms with E-state index in [0.717, 1.165) is 24.1 Å². The van der Waals surface area contributed by atoms with Gasteiger partial charge in [0.05, 0.1) is 5.56 Å². The Morgan fingerprint density at radius 1 is 1.38 bits per heavy atom. The van der Waals surface area contributed by atoms with Crippen LogP contribution in [0.25, 0.3) is 0 Å². The minimum Gasteiger partial charge on any atom is -0.478 e. The number of anilines is 1. The van der Waals surface area contributed by atoms with Crippen molar-refractivity contribution in [3.8, 4) is 0 Å². The maximum Gasteiger partial charge on any atom is 0.337 e. The number of aryl methyl sites for hydroxylation is 1. The Morgan fingerprint density at radius 2 is 2.06 bits per heavy atom. The molecule has 0 heterocycles. The van der Waals surface area contributed by atoms with Crippen LogP contribution in [-0.4, -0.2) is 17.1 Å². The Balaban J connectivity index is 2.21. The molecule has 0 spiro atoms. The molecule has 1 saturated carbocycles. The maximum absolute atomic E-state index is 11.1. The average molecular weight is 219 g/mol. The second kappa shape index (κ2) is 4.56. The summed E-state index contributed by atoms with van der Waals surface area (Å²) in [7, 11) is 0. The van der Waals surface area contributed by atoms with Crippen LogP contribution in [0.3, 0.4) is 0 Å². The summed E-state index contributed by atoms with van der Waals surface area (Å²) < 4.78 is 0. The predicted molar refractivity (Wildman–Crippen MR) is 64.0 cm³/mol.